The van der Waals surface area contributed by atoms with Crippen LogP contribution in [0.2, 0.25) is 0 Å². The Morgan fingerprint density at radius 3 is 2.83 bits per heavy atom. The molecule has 0 amide bonds. The van der Waals surface area contributed by atoms with Crippen molar-refractivity contribution in [3.63, 3.8) is 0 Å². The summed E-state index contributed by atoms with van der Waals surface area (Å²) in [7, 11) is 0. The average Bonchev–Trinajstić information content (AvgIpc) is 2.87. The quantitative estimate of drug-likeness (QED) is 0.844. The lowest BCUT2D eigenvalue weighted by Crippen LogP contribution is -2.44. The number of hydrogen-bond acceptors (Lipinski definition) is 3. The molecule has 0 unspecified atom stereocenters. The number of aromatic hydroxyl groups is 1. The predicted octanol–water partition coefficient (Wildman–Crippen LogP) is 1.33. The summed E-state index contributed by atoms with van der Waals surface area (Å²) < 4.78 is 0. The number of nitrogens with one attached hydrogen (secondary N) is 1. The van der Waals surface area contributed by atoms with E-state index in [2.05, 4.69) is 16.3 Å². The van der Waals surface area contributed by atoms with Crippen molar-refractivity contribution >= 4 is 0 Å². The lowest BCUT2D eigenvalue weighted by Gasteiger charge is -2.27. The molecule has 3 heteroatoms. The fraction of sp³-hybridized carbons (Fsp3) is 0.600. The lowest BCUT2D eigenvalue weighted by atomic mass is 9.99. The maximum absolute atomic E-state index is 10.1. The molecular weight excluding hydrogens is 224 g/mol. The number of aryl methyl sites for hydroxylation is 1. The molecule has 1 aliphatic heterocycles. The molecule has 0 bridgehead atoms. The summed E-state index contributed by atoms with van der Waals surface area (Å²) in [5.41, 5.74) is 4.11. The van der Waals surface area contributed by atoms with Gasteiger partial charge in [-0.25, -0.2) is 0 Å². The number of piperazine rings is 1. The number of phenolic OH excluding ortho intramolecular Hbond substituents is 1. The molecule has 1 heterocycles. The van der Waals surface area contributed by atoms with E-state index in [4.69, 9.17) is 0 Å². The Morgan fingerprint density at radius 1 is 1.17 bits per heavy atom. The van der Waals surface area contributed by atoms with E-state index in [1.807, 2.05) is 6.07 Å². The molecule has 0 radical (unpaired) electrons. The van der Waals surface area contributed by atoms with Gasteiger partial charge in [0.05, 0.1) is 0 Å². The van der Waals surface area contributed by atoms with Gasteiger partial charge in [-0.1, -0.05) is 6.07 Å². The molecule has 1 fully saturated rings. The van der Waals surface area contributed by atoms with Gasteiger partial charge in [-0.2, -0.15) is 0 Å². The van der Waals surface area contributed by atoms with E-state index >= 15 is 0 Å². The van der Waals surface area contributed by atoms with Gasteiger partial charge < -0.3 is 15.3 Å². The second kappa shape index (κ2) is 5.29. The van der Waals surface area contributed by atoms with Crippen LogP contribution in [0.1, 0.15) is 23.1 Å². The zero-order chi connectivity index (χ0) is 12.4. The molecule has 3 rings (SSSR count). The van der Waals surface area contributed by atoms with E-state index in [0.717, 1.165) is 45.6 Å². The van der Waals surface area contributed by atoms with E-state index < -0.39 is 0 Å². The largest absolute Gasteiger partial charge is 0.508 e. The molecular formula is C15H22N2O. The zero-order valence-electron chi connectivity index (χ0n) is 10.9. The summed E-state index contributed by atoms with van der Waals surface area (Å²) in [6, 6.07) is 3.99. The molecule has 1 aliphatic carbocycles. The molecule has 0 aromatic heterocycles. The predicted molar refractivity (Wildman–Crippen MR) is 73.1 cm³/mol. The monoisotopic (exact) mass is 246 g/mol. The number of nitrogens with zero attached hydrogens (tertiary/aromatic N) is 1. The highest BCUT2D eigenvalue weighted by atomic mass is 16.3. The van der Waals surface area contributed by atoms with Crippen LogP contribution in [-0.2, 0) is 19.3 Å². The number of phenols is 1. The first-order chi connectivity index (χ1) is 8.84. The van der Waals surface area contributed by atoms with Gasteiger partial charge >= 0.3 is 0 Å². The van der Waals surface area contributed by atoms with Crippen molar-refractivity contribution in [3.05, 3.63) is 28.8 Å². The highest BCUT2D eigenvalue weighted by molar-refractivity contribution is 5.46. The third-order valence-electron chi connectivity index (χ3n) is 4.26. The number of benzene rings is 1. The SMILES string of the molecule is Oc1ccc2c(c1CCN1CCNCC1)CCC2. The first kappa shape index (κ1) is 12.0. The van der Waals surface area contributed by atoms with Crippen LogP contribution < -0.4 is 5.32 Å². The van der Waals surface area contributed by atoms with Gasteiger partial charge in [0, 0.05) is 32.7 Å². The van der Waals surface area contributed by atoms with Crippen LogP contribution in [0.4, 0.5) is 0 Å². The lowest BCUT2D eigenvalue weighted by molar-refractivity contribution is 0.243. The highest BCUT2D eigenvalue weighted by Gasteiger charge is 2.18. The fourth-order valence-corrected chi connectivity index (χ4v) is 3.21. The van der Waals surface area contributed by atoms with Gasteiger partial charge in [-0.05, 0) is 48.4 Å². The van der Waals surface area contributed by atoms with E-state index in [-0.39, 0.29) is 0 Å². The summed E-state index contributed by atoms with van der Waals surface area (Å²) in [6.45, 7) is 5.54. The normalized spacial score (nSPS) is 20.0. The Bertz CT molecular complexity index is 425. The van der Waals surface area contributed by atoms with Crippen LogP contribution >= 0.6 is 0 Å². The molecule has 0 spiro atoms. The molecule has 1 aromatic carbocycles. The zero-order valence-corrected chi connectivity index (χ0v) is 10.9. The molecule has 2 aliphatic rings. The third kappa shape index (κ3) is 2.38. The second-order valence-electron chi connectivity index (χ2n) is 5.40. The van der Waals surface area contributed by atoms with Crippen molar-refractivity contribution in [2.45, 2.75) is 25.7 Å². The van der Waals surface area contributed by atoms with Crippen molar-refractivity contribution < 1.29 is 5.11 Å². The van der Waals surface area contributed by atoms with Crippen molar-refractivity contribution in [2.75, 3.05) is 32.7 Å². The minimum absolute atomic E-state index is 0.505. The summed E-state index contributed by atoms with van der Waals surface area (Å²) in [5.74, 6) is 0.505. The van der Waals surface area contributed by atoms with Crippen molar-refractivity contribution in [1.29, 1.82) is 0 Å². The van der Waals surface area contributed by atoms with Gasteiger partial charge in [0.15, 0.2) is 0 Å². The smallest absolute Gasteiger partial charge is 0.119 e. The van der Waals surface area contributed by atoms with Crippen LogP contribution in [0.5, 0.6) is 5.75 Å². The summed E-state index contributed by atoms with van der Waals surface area (Å²) in [5, 5.41) is 13.4. The van der Waals surface area contributed by atoms with E-state index in [0.29, 0.717) is 5.75 Å². The number of hydrogen-bond donors (Lipinski definition) is 2. The minimum Gasteiger partial charge on any atom is -0.508 e. The molecule has 2 N–H and O–H groups in total. The molecule has 18 heavy (non-hydrogen) atoms. The third-order valence-corrected chi connectivity index (χ3v) is 4.26. The number of fused-ring (bicyclic) bond motifs is 1. The first-order valence-electron chi connectivity index (χ1n) is 7.10. The summed E-state index contributed by atoms with van der Waals surface area (Å²) >= 11 is 0. The maximum atomic E-state index is 10.1. The number of rotatable bonds is 3. The van der Waals surface area contributed by atoms with Crippen molar-refractivity contribution in [2.24, 2.45) is 0 Å². The Morgan fingerprint density at radius 2 is 2.00 bits per heavy atom. The molecule has 1 aromatic rings. The molecule has 0 saturated carbocycles. The minimum atomic E-state index is 0.505. The Kier molecular flexibility index (Phi) is 3.52. The maximum Gasteiger partial charge on any atom is 0.119 e. The van der Waals surface area contributed by atoms with Crippen molar-refractivity contribution in [1.82, 2.24) is 10.2 Å². The van der Waals surface area contributed by atoms with Crippen LogP contribution in [-0.4, -0.2) is 42.7 Å². The molecule has 98 valence electrons. The standard InChI is InChI=1S/C15H22N2O/c18-15-5-4-12-2-1-3-13(12)14(15)6-9-17-10-7-16-8-11-17/h4-5,16,18H,1-3,6-11H2. The van der Waals surface area contributed by atoms with E-state index in [1.165, 1.54) is 29.5 Å². The topological polar surface area (TPSA) is 35.5 Å². The van der Waals surface area contributed by atoms with E-state index in [1.54, 1.807) is 0 Å². The van der Waals surface area contributed by atoms with Crippen LogP contribution in [0.15, 0.2) is 12.1 Å². The summed E-state index contributed by atoms with van der Waals surface area (Å²) in [4.78, 5) is 2.49. The van der Waals surface area contributed by atoms with E-state index in [9.17, 15) is 5.11 Å². The Labute approximate surface area is 109 Å². The second-order valence-corrected chi connectivity index (χ2v) is 5.40. The van der Waals surface area contributed by atoms with Crippen LogP contribution in [0.3, 0.4) is 0 Å². The van der Waals surface area contributed by atoms with Crippen molar-refractivity contribution in [3.8, 4) is 5.75 Å². The van der Waals surface area contributed by atoms with Gasteiger partial charge in [0.2, 0.25) is 0 Å². The average molecular weight is 246 g/mol. The Balaban J connectivity index is 1.70. The van der Waals surface area contributed by atoms with Crippen LogP contribution in [0, 0.1) is 0 Å². The highest BCUT2D eigenvalue weighted by Crippen LogP contribution is 2.31. The van der Waals surface area contributed by atoms with Gasteiger partial charge in [0.25, 0.3) is 0 Å². The van der Waals surface area contributed by atoms with Crippen LogP contribution in [0.25, 0.3) is 0 Å². The molecule has 1 saturated heterocycles. The molecule has 3 nitrogen and oxygen atoms in total. The van der Waals surface area contributed by atoms with Gasteiger partial charge in [-0.15, -0.1) is 0 Å². The van der Waals surface area contributed by atoms with Gasteiger partial charge in [-0.3, -0.25) is 0 Å². The fourth-order valence-electron chi connectivity index (χ4n) is 3.21. The molecule has 0 atom stereocenters. The Hall–Kier alpha value is -1.06. The van der Waals surface area contributed by atoms with Gasteiger partial charge in [0.1, 0.15) is 5.75 Å². The first-order valence-corrected chi connectivity index (χ1v) is 7.10. The summed E-state index contributed by atoms with van der Waals surface area (Å²) in [6.07, 6.45) is 4.59.